The zero-order chi connectivity index (χ0) is 30.1. The molecule has 232 valence electrons. The van der Waals surface area contributed by atoms with Crippen molar-refractivity contribution >= 4 is 25.0 Å². The Hall–Kier alpha value is 0.451. The first-order valence-corrected chi connectivity index (χ1v) is 24.5. The molecule has 4 atom stereocenters. The van der Waals surface area contributed by atoms with Gasteiger partial charge in [-0.3, -0.25) is 0 Å². The molecule has 1 aliphatic carbocycles. The Morgan fingerprint density at radius 2 is 1.13 bits per heavy atom. The van der Waals surface area contributed by atoms with Crippen LogP contribution in [-0.2, 0) is 22.8 Å². The van der Waals surface area contributed by atoms with E-state index in [2.05, 4.69) is 102 Å². The van der Waals surface area contributed by atoms with Gasteiger partial charge in [0.15, 0.2) is 31.2 Å². The lowest BCUT2D eigenvalue weighted by Gasteiger charge is -2.50. The van der Waals surface area contributed by atoms with Crippen LogP contribution in [0.1, 0.15) is 101 Å². The molecule has 2 aliphatic rings. The Morgan fingerprint density at radius 1 is 0.641 bits per heavy atom. The van der Waals surface area contributed by atoms with Crippen LogP contribution in [-0.4, -0.2) is 62.8 Å². The maximum absolute atomic E-state index is 7.21. The molecule has 0 N–H and O–H groups in total. The van der Waals surface area contributed by atoms with Gasteiger partial charge < -0.3 is 22.8 Å². The molecule has 0 spiro atoms. The number of hydrogen-bond acceptors (Lipinski definition) is 5. The van der Waals surface area contributed by atoms with Crippen LogP contribution in [0, 0.1) is 5.92 Å². The fraction of sp³-hybridized carbons (Fsp3) is 1.00. The fourth-order valence-corrected chi connectivity index (χ4v) is 8.27. The zero-order valence-corrected chi connectivity index (χ0v) is 31.6. The summed E-state index contributed by atoms with van der Waals surface area (Å²) in [6, 6.07) is 0. The smallest absolute Gasteiger partial charge is 0.192 e. The highest BCUT2D eigenvalue weighted by molar-refractivity contribution is 6.75. The maximum Gasteiger partial charge on any atom is 0.192 e. The minimum absolute atomic E-state index is 0.0712. The molecule has 1 saturated heterocycles. The fourth-order valence-electron chi connectivity index (χ4n) is 4.58. The Labute approximate surface area is 246 Å². The highest BCUT2D eigenvalue weighted by Crippen LogP contribution is 2.44. The first kappa shape index (κ1) is 35.6. The third-order valence-electron chi connectivity index (χ3n) is 10.6. The van der Waals surface area contributed by atoms with Crippen LogP contribution in [0.25, 0.3) is 0 Å². The van der Waals surface area contributed by atoms with Crippen molar-refractivity contribution in [1.29, 1.82) is 0 Å². The van der Waals surface area contributed by atoms with Crippen LogP contribution >= 0.6 is 0 Å². The second-order valence-corrected chi connectivity index (χ2v) is 31.3. The highest BCUT2D eigenvalue weighted by atomic mass is 28.4. The summed E-state index contributed by atoms with van der Waals surface area (Å²) in [4.78, 5) is 0. The SMILES string of the molecule is CC(C)(C)[Si](C)(C)OC[C@H]1O[C@H](OCC2CCCCC2)C[C@@H](O[Si](C)(C)C(C)(C)C)[C@H]1O[Si](C)(C)C(C)(C)C. The number of rotatable bonds is 10. The summed E-state index contributed by atoms with van der Waals surface area (Å²) < 4.78 is 34.6. The van der Waals surface area contributed by atoms with Crippen LogP contribution in [0.4, 0.5) is 0 Å². The molecule has 0 unspecified atom stereocenters. The molecule has 2 fully saturated rings. The molecule has 0 bridgehead atoms. The van der Waals surface area contributed by atoms with E-state index in [0.29, 0.717) is 12.5 Å². The molecule has 0 aromatic carbocycles. The second kappa shape index (κ2) is 13.0. The van der Waals surface area contributed by atoms with E-state index in [4.69, 9.17) is 22.8 Å². The van der Waals surface area contributed by atoms with Gasteiger partial charge in [-0.1, -0.05) is 81.6 Å². The minimum atomic E-state index is -2.11. The second-order valence-electron chi connectivity index (χ2n) is 17.0. The lowest BCUT2D eigenvalue weighted by molar-refractivity contribution is -0.254. The van der Waals surface area contributed by atoms with Crippen LogP contribution in [0.15, 0.2) is 0 Å². The van der Waals surface area contributed by atoms with Crippen molar-refractivity contribution in [3.05, 3.63) is 0 Å². The molecule has 1 heterocycles. The molecule has 2 rings (SSSR count). The van der Waals surface area contributed by atoms with E-state index in [1.807, 2.05) is 0 Å². The van der Waals surface area contributed by atoms with Crippen LogP contribution in [0.5, 0.6) is 0 Å². The Balaban J connectivity index is 2.40. The Kier molecular flexibility index (Phi) is 11.9. The average molecular weight is 603 g/mol. The van der Waals surface area contributed by atoms with Crippen molar-refractivity contribution in [1.82, 2.24) is 0 Å². The van der Waals surface area contributed by atoms with Crippen LogP contribution < -0.4 is 0 Å². The number of ether oxygens (including phenoxy) is 2. The summed E-state index contributed by atoms with van der Waals surface area (Å²) in [7, 11) is -6.15. The van der Waals surface area contributed by atoms with Crippen molar-refractivity contribution in [2.24, 2.45) is 5.92 Å². The van der Waals surface area contributed by atoms with E-state index in [9.17, 15) is 0 Å². The van der Waals surface area contributed by atoms with Gasteiger partial charge in [-0.15, -0.1) is 0 Å². The van der Waals surface area contributed by atoms with E-state index in [0.717, 1.165) is 13.0 Å². The molecule has 1 saturated carbocycles. The van der Waals surface area contributed by atoms with Crippen molar-refractivity contribution in [2.45, 2.75) is 180 Å². The largest absolute Gasteiger partial charge is 0.414 e. The van der Waals surface area contributed by atoms with Gasteiger partial charge in [0.1, 0.15) is 6.10 Å². The van der Waals surface area contributed by atoms with Crippen molar-refractivity contribution < 1.29 is 22.8 Å². The van der Waals surface area contributed by atoms with Gasteiger partial charge in [-0.05, 0) is 73.2 Å². The molecule has 39 heavy (non-hydrogen) atoms. The Bertz CT molecular complexity index is 758. The minimum Gasteiger partial charge on any atom is -0.414 e. The first-order valence-electron chi connectivity index (χ1n) is 15.7. The van der Waals surface area contributed by atoms with Crippen molar-refractivity contribution in [2.75, 3.05) is 13.2 Å². The third kappa shape index (κ3) is 9.73. The van der Waals surface area contributed by atoms with E-state index in [1.54, 1.807) is 0 Å². The van der Waals surface area contributed by atoms with E-state index < -0.39 is 25.0 Å². The summed E-state index contributed by atoms with van der Waals surface area (Å²) in [5.41, 5.74) is 0. The molecule has 1 aliphatic heterocycles. The van der Waals surface area contributed by atoms with Crippen LogP contribution in [0.3, 0.4) is 0 Å². The predicted octanol–water partition coefficient (Wildman–Crippen LogP) is 9.50. The standard InChI is InChI=1S/C31H66O5Si3/c1-29(2,3)37(10,11)33-23-26-28(36-39(14,15)31(7,8)9)25(35-38(12,13)30(4,5)6)21-27(34-26)32-22-24-19-17-16-18-20-24/h24-28H,16-23H2,1-15H3/t25-,26-,27+,28-/m1/s1. The molecule has 0 aromatic heterocycles. The summed E-state index contributed by atoms with van der Waals surface area (Å²) >= 11 is 0. The quantitative estimate of drug-likeness (QED) is 0.233. The molecule has 5 nitrogen and oxygen atoms in total. The molecular weight excluding hydrogens is 537 g/mol. The van der Waals surface area contributed by atoms with Gasteiger partial charge in [-0.25, -0.2) is 0 Å². The van der Waals surface area contributed by atoms with E-state index in [1.165, 1.54) is 32.1 Å². The van der Waals surface area contributed by atoms with E-state index in [-0.39, 0.29) is 39.7 Å². The molecular formula is C31H66O5Si3. The van der Waals surface area contributed by atoms with Crippen molar-refractivity contribution in [3.63, 3.8) is 0 Å². The van der Waals surface area contributed by atoms with Gasteiger partial charge in [-0.2, -0.15) is 0 Å². The van der Waals surface area contributed by atoms with Gasteiger partial charge in [0, 0.05) is 6.42 Å². The van der Waals surface area contributed by atoms with Gasteiger partial charge in [0.25, 0.3) is 0 Å². The summed E-state index contributed by atoms with van der Waals surface area (Å²) in [6.45, 7) is 36.1. The maximum atomic E-state index is 7.21. The van der Waals surface area contributed by atoms with Gasteiger partial charge >= 0.3 is 0 Å². The monoisotopic (exact) mass is 602 g/mol. The van der Waals surface area contributed by atoms with Gasteiger partial charge in [0.2, 0.25) is 0 Å². The molecule has 0 radical (unpaired) electrons. The normalized spacial score (nSPS) is 27.2. The predicted molar refractivity (Wildman–Crippen MR) is 173 cm³/mol. The molecule has 0 aromatic rings. The third-order valence-corrected chi connectivity index (χ3v) is 24.1. The van der Waals surface area contributed by atoms with Crippen LogP contribution in [0.2, 0.25) is 54.4 Å². The lowest BCUT2D eigenvalue weighted by atomic mass is 9.90. The highest BCUT2D eigenvalue weighted by Gasteiger charge is 2.51. The topological polar surface area (TPSA) is 46.2 Å². The zero-order valence-electron chi connectivity index (χ0n) is 28.6. The Morgan fingerprint density at radius 3 is 1.62 bits per heavy atom. The summed E-state index contributed by atoms with van der Waals surface area (Å²) in [5.74, 6) is 0.644. The first-order chi connectivity index (χ1) is 17.5. The average Bonchev–Trinajstić information content (AvgIpc) is 2.76. The lowest BCUT2D eigenvalue weighted by Crippen LogP contribution is -2.61. The summed E-state index contributed by atoms with van der Waals surface area (Å²) in [6.07, 6.45) is 6.52. The van der Waals surface area contributed by atoms with E-state index >= 15 is 0 Å². The van der Waals surface area contributed by atoms with Gasteiger partial charge in [0.05, 0.1) is 25.4 Å². The molecule has 8 heteroatoms. The van der Waals surface area contributed by atoms with Crippen molar-refractivity contribution in [3.8, 4) is 0 Å². The number of hydrogen-bond donors (Lipinski definition) is 0. The summed E-state index contributed by atoms with van der Waals surface area (Å²) in [5, 5.41) is 0.331. The molecule has 0 amide bonds.